The van der Waals surface area contributed by atoms with Gasteiger partial charge in [-0.3, -0.25) is 4.79 Å². The highest BCUT2D eigenvalue weighted by Gasteiger charge is 2.13. The number of nitrogen functional groups attached to an aromatic ring is 1. The Bertz CT molecular complexity index is 680. The van der Waals surface area contributed by atoms with Crippen molar-refractivity contribution in [3.05, 3.63) is 52.3 Å². The molecule has 0 unspecified atom stereocenters. The van der Waals surface area contributed by atoms with Gasteiger partial charge in [0, 0.05) is 5.56 Å². The topological polar surface area (TPSA) is 87.2 Å². The second-order valence-corrected chi connectivity index (χ2v) is 3.66. The molecule has 0 saturated heterocycles. The zero-order valence-electron chi connectivity index (χ0n) is 9.96. The van der Waals surface area contributed by atoms with Gasteiger partial charge in [-0.1, -0.05) is 0 Å². The Kier molecular flexibility index (Phi) is 3.28. The molecule has 19 heavy (non-hydrogen) atoms. The van der Waals surface area contributed by atoms with Crippen LogP contribution in [0.3, 0.4) is 0 Å². The third kappa shape index (κ3) is 2.44. The van der Waals surface area contributed by atoms with Crippen LogP contribution in [0.4, 0.5) is 10.2 Å². The number of aromatic nitrogens is 2. The number of ether oxygens (including phenoxy) is 1. The van der Waals surface area contributed by atoms with E-state index in [1.165, 1.54) is 19.2 Å². The summed E-state index contributed by atoms with van der Waals surface area (Å²) in [6.45, 7) is 0. The van der Waals surface area contributed by atoms with Gasteiger partial charge in [-0.05, 0) is 24.3 Å². The largest absolute Gasteiger partial charge is 0.497 e. The van der Waals surface area contributed by atoms with Crippen molar-refractivity contribution in [3.63, 3.8) is 0 Å². The standard InChI is InChI=1S/C12H10FN3O3/c1-19-8-4-2-7(3-5-8)11(17)16-6-9(13)10(14)15-12(16)18/h2-6H,1H3,(H2,14,15,18). The Morgan fingerprint density at radius 3 is 2.58 bits per heavy atom. The predicted molar refractivity (Wildman–Crippen MR) is 65.6 cm³/mol. The summed E-state index contributed by atoms with van der Waals surface area (Å²) in [5.41, 5.74) is 4.41. The highest BCUT2D eigenvalue weighted by Crippen LogP contribution is 2.12. The number of nitrogens with zero attached hydrogens (tertiary/aromatic N) is 2. The van der Waals surface area contributed by atoms with E-state index in [9.17, 15) is 14.0 Å². The van der Waals surface area contributed by atoms with Crippen molar-refractivity contribution in [2.75, 3.05) is 12.8 Å². The molecule has 6 nitrogen and oxygen atoms in total. The molecule has 1 heterocycles. The Balaban J connectivity index is 2.43. The lowest BCUT2D eigenvalue weighted by atomic mass is 10.2. The van der Waals surface area contributed by atoms with Crippen molar-refractivity contribution >= 4 is 11.7 Å². The van der Waals surface area contributed by atoms with Crippen LogP contribution in [-0.2, 0) is 0 Å². The molecule has 2 aromatic rings. The van der Waals surface area contributed by atoms with Crippen molar-refractivity contribution in [3.8, 4) is 5.75 Å². The molecule has 98 valence electrons. The summed E-state index contributed by atoms with van der Waals surface area (Å²) in [5.74, 6) is -1.60. The highest BCUT2D eigenvalue weighted by atomic mass is 19.1. The molecule has 2 rings (SSSR count). The molecule has 0 aliphatic carbocycles. The Hall–Kier alpha value is -2.70. The summed E-state index contributed by atoms with van der Waals surface area (Å²) in [6, 6.07) is 6.03. The zero-order chi connectivity index (χ0) is 14.0. The monoisotopic (exact) mass is 263 g/mol. The molecule has 1 aromatic heterocycles. The van der Waals surface area contributed by atoms with E-state index in [-0.39, 0.29) is 5.56 Å². The lowest BCUT2D eigenvalue weighted by molar-refractivity contribution is 0.0953. The fourth-order valence-corrected chi connectivity index (χ4v) is 1.46. The second kappa shape index (κ2) is 4.89. The van der Waals surface area contributed by atoms with E-state index in [4.69, 9.17) is 10.5 Å². The molecule has 0 fully saturated rings. The van der Waals surface area contributed by atoms with Gasteiger partial charge in [0.15, 0.2) is 11.6 Å². The first kappa shape index (κ1) is 12.7. The first-order chi connectivity index (χ1) is 9.02. The van der Waals surface area contributed by atoms with E-state index in [0.717, 1.165) is 6.20 Å². The maximum absolute atomic E-state index is 13.2. The van der Waals surface area contributed by atoms with Gasteiger partial charge in [-0.2, -0.15) is 4.98 Å². The zero-order valence-corrected chi connectivity index (χ0v) is 9.96. The average molecular weight is 263 g/mol. The number of methoxy groups -OCH3 is 1. The lowest BCUT2D eigenvalue weighted by Gasteiger charge is -2.05. The minimum absolute atomic E-state index is 0.203. The van der Waals surface area contributed by atoms with Crippen molar-refractivity contribution in [2.24, 2.45) is 0 Å². The first-order valence-corrected chi connectivity index (χ1v) is 5.26. The molecule has 0 bridgehead atoms. The molecular formula is C12H10FN3O3. The number of halogens is 1. The molecule has 7 heteroatoms. The van der Waals surface area contributed by atoms with E-state index in [1.54, 1.807) is 12.1 Å². The molecule has 0 aliphatic heterocycles. The summed E-state index contributed by atoms with van der Waals surface area (Å²) in [5, 5.41) is 0. The summed E-state index contributed by atoms with van der Waals surface area (Å²) in [7, 11) is 1.49. The van der Waals surface area contributed by atoms with Crippen LogP contribution in [0.1, 0.15) is 10.4 Å². The number of benzene rings is 1. The summed E-state index contributed by atoms with van der Waals surface area (Å²) in [4.78, 5) is 26.7. The number of hydrogen-bond acceptors (Lipinski definition) is 5. The van der Waals surface area contributed by atoms with Gasteiger partial charge in [0.25, 0.3) is 5.91 Å². The number of hydrogen-bond donors (Lipinski definition) is 1. The van der Waals surface area contributed by atoms with Crippen molar-refractivity contribution in [1.82, 2.24) is 9.55 Å². The summed E-state index contributed by atoms with van der Waals surface area (Å²) < 4.78 is 18.7. The molecule has 0 radical (unpaired) electrons. The van der Waals surface area contributed by atoms with Crippen LogP contribution in [-0.4, -0.2) is 22.6 Å². The molecule has 0 saturated carbocycles. The van der Waals surface area contributed by atoms with Crippen LogP contribution in [0.2, 0.25) is 0 Å². The van der Waals surface area contributed by atoms with Crippen LogP contribution in [0, 0.1) is 5.82 Å². The van der Waals surface area contributed by atoms with Crippen molar-refractivity contribution < 1.29 is 13.9 Å². The van der Waals surface area contributed by atoms with Gasteiger partial charge in [-0.25, -0.2) is 13.8 Å². The second-order valence-electron chi connectivity index (χ2n) is 3.66. The quantitative estimate of drug-likeness (QED) is 0.860. The minimum atomic E-state index is -0.931. The third-order valence-electron chi connectivity index (χ3n) is 2.47. The van der Waals surface area contributed by atoms with Gasteiger partial charge in [0.2, 0.25) is 0 Å². The molecule has 0 amide bonds. The molecule has 0 atom stereocenters. The predicted octanol–water partition coefficient (Wildman–Crippen LogP) is 0.662. The number of anilines is 1. The van der Waals surface area contributed by atoms with E-state index < -0.39 is 23.2 Å². The smallest absolute Gasteiger partial charge is 0.356 e. The van der Waals surface area contributed by atoms with E-state index in [0.29, 0.717) is 10.3 Å². The fraction of sp³-hybridized carbons (Fsp3) is 0.0833. The van der Waals surface area contributed by atoms with Crippen LogP contribution in [0.5, 0.6) is 5.75 Å². The minimum Gasteiger partial charge on any atom is -0.497 e. The Morgan fingerprint density at radius 2 is 2.00 bits per heavy atom. The normalized spacial score (nSPS) is 10.2. The summed E-state index contributed by atoms with van der Waals surface area (Å²) in [6.07, 6.45) is 0.719. The maximum Gasteiger partial charge on any atom is 0.356 e. The highest BCUT2D eigenvalue weighted by molar-refractivity contribution is 5.95. The maximum atomic E-state index is 13.2. The van der Waals surface area contributed by atoms with E-state index in [1.807, 2.05) is 0 Å². The molecule has 0 spiro atoms. The summed E-state index contributed by atoms with van der Waals surface area (Å²) >= 11 is 0. The molecule has 2 N–H and O–H groups in total. The first-order valence-electron chi connectivity index (χ1n) is 5.26. The Morgan fingerprint density at radius 1 is 1.37 bits per heavy atom. The van der Waals surface area contributed by atoms with Crippen molar-refractivity contribution in [2.45, 2.75) is 0 Å². The SMILES string of the molecule is COc1ccc(C(=O)n2cc(F)c(N)nc2=O)cc1. The fourth-order valence-electron chi connectivity index (χ4n) is 1.46. The lowest BCUT2D eigenvalue weighted by Crippen LogP contribution is -2.30. The van der Waals surface area contributed by atoms with Crippen LogP contribution in [0.25, 0.3) is 0 Å². The third-order valence-corrected chi connectivity index (χ3v) is 2.47. The number of rotatable bonds is 2. The average Bonchev–Trinajstić information content (AvgIpc) is 2.42. The van der Waals surface area contributed by atoms with E-state index in [2.05, 4.69) is 4.98 Å². The number of carbonyl (C=O) groups is 1. The molecule has 1 aromatic carbocycles. The number of nitrogens with two attached hydrogens (primary N) is 1. The van der Waals surface area contributed by atoms with Crippen molar-refractivity contribution in [1.29, 1.82) is 0 Å². The van der Waals surface area contributed by atoms with Crippen LogP contribution in [0.15, 0.2) is 35.3 Å². The van der Waals surface area contributed by atoms with Gasteiger partial charge >= 0.3 is 5.69 Å². The Labute approximate surface area is 107 Å². The molecular weight excluding hydrogens is 253 g/mol. The van der Waals surface area contributed by atoms with Gasteiger partial charge in [-0.15, -0.1) is 0 Å². The van der Waals surface area contributed by atoms with Gasteiger partial charge < -0.3 is 10.5 Å². The van der Waals surface area contributed by atoms with E-state index >= 15 is 0 Å². The molecule has 0 aliphatic rings. The van der Waals surface area contributed by atoms with Gasteiger partial charge in [0.1, 0.15) is 5.75 Å². The number of carbonyl (C=O) groups excluding carboxylic acids is 1. The van der Waals surface area contributed by atoms with Crippen LogP contribution >= 0.6 is 0 Å². The van der Waals surface area contributed by atoms with Gasteiger partial charge in [0.05, 0.1) is 13.3 Å². The van der Waals surface area contributed by atoms with Crippen LogP contribution < -0.4 is 16.2 Å².